The van der Waals surface area contributed by atoms with Gasteiger partial charge in [-0.1, -0.05) is 17.5 Å². The number of aromatic nitrogens is 4. The van der Waals surface area contributed by atoms with Gasteiger partial charge in [-0.3, -0.25) is 9.30 Å². The van der Waals surface area contributed by atoms with Gasteiger partial charge in [0.1, 0.15) is 11.6 Å². The van der Waals surface area contributed by atoms with Gasteiger partial charge < -0.3 is 15.6 Å². The zero-order chi connectivity index (χ0) is 25.2. The number of imidazole rings is 1. The van der Waals surface area contributed by atoms with Crippen molar-refractivity contribution in [3.8, 4) is 34.9 Å². The van der Waals surface area contributed by atoms with Gasteiger partial charge in [-0.05, 0) is 44.2 Å². The van der Waals surface area contributed by atoms with Crippen LogP contribution in [0.3, 0.4) is 0 Å². The zero-order valence-electron chi connectivity index (χ0n) is 19.5. The number of aromatic carboxylic acids is 1. The number of carboxylic acid groups (broad SMARTS) is 1. The van der Waals surface area contributed by atoms with E-state index in [1.54, 1.807) is 24.4 Å². The second-order valence-corrected chi connectivity index (χ2v) is 8.83. The van der Waals surface area contributed by atoms with Gasteiger partial charge in [0, 0.05) is 42.6 Å². The van der Waals surface area contributed by atoms with E-state index < -0.39 is 5.97 Å². The van der Waals surface area contributed by atoms with Crippen LogP contribution >= 0.6 is 11.6 Å². The molecule has 0 spiro atoms. The Morgan fingerprint density at radius 3 is 2.86 bits per heavy atom. The second kappa shape index (κ2) is 9.85. The monoisotopic (exact) mass is 502 g/mol. The van der Waals surface area contributed by atoms with E-state index >= 15 is 0 Å². The fourth-order valence-corrected chi connectivity index (χ4v) is 4.67. The lowest BCUT2D eigenvalue weighted by atomic mass is 10.0. The number of hydrogen-bond acceptors (Lipinski definition) is 7. The van der Waals surface area contributed by atoms with E-state index in [2.05, 4.69) is 26.7 Å². The van der Waals surface area contributed by atoms with Crippen LogP contribution in [0.25, 0.3) is 16.9 Å². The third kappa shape index (κ3) is 4.56. The van der Waals surface area contributed by atoms with Crippen LogP contribution in [0, 0.1) is 11.8 Å². The number of fused-ring (bicyclic) bond motifs is 1. The molecule has 10 heteroatoms. The Balaban J connectivity index is 1.49. The van der Waals surface area contributed by atoms with Crippen molar-refractivity contribution in [2.24, 2.45) is 0 Å². The SMILES string of the molecule is CC#CCN1CCC(c2nc(-c3ccc(Oc4cc(C(=O)O)ccn4)cc3Cl)n3c(N)nccc23)C1. The topological polar surface area (TPSA) is 119 Å². The molecule has 36 heavy (non-hydrogen) atoms. The van der Waals surface area contributed by atoms with Gasteiger partial charge in [-0.25, -0.2) is 19.7 Å². The maximum absolute atomic E-state index is 11.2. The number of pyridine rings is 1. The largest absolute Gasteiger partial charge is 0.478 e. The minimum atomic E-state index is -1.06. The summed E-state index contributed by atoms with van der Waals surface area (Å²) < 4.78 is 7.57. The Bertz CT molecular complexity index is 1520. The predicted octanol–water partition coefficient (Wildman–Crippen LogP) is 4.33. The first-order chi connectivity index (χ1) is 17.4. The average molecular weight is 503 g/mol. The standard InChI is InChI=1S/C26H23ClN6O3/c1-2-3-11-32-12-8-17(15-32)23-21-7-10-30-26(28)33(21)24(31-23)19-5-4-18(14-20(19)27)36-22-13-16(25(34)35)6-9-29-22/h4-7,9-10,13-14,17H,8,11-12,15H2,1H3,(H2,28,30)(H,34,35). The molecule has 0 bridgehead atoms. The summed E-state index contributed by atoms with van der Waals surface area (Å²) in [6.07, 6.45) is 4.04. The molecule has 1 aromatic carbocycles. The third-order valence-corrected chi connectivity index (χ3v) is 6.45. The van der Waals surface area contributed by atoms with Crippen LogP contribution in [0.15, 0.2) is 48.8 Å². The summed E-state index contributed by atoms with van der Waals surface area (Å²) in [5, 5.41) is 9.58. The van der Waals surface area contributed by atoms with E-state index in [1.807, 2.05) is 17.4 Å². The molecular formula is C26H23ClN6O3. The molecule has 0 aliphatic carbocycles. The molecule has 1 aliphatic rings. The van der Waals surface area contributed by atoms with Crippen molar-refractivity contribution in [2.45, 2.75) is 19.3 Å². The summed E-state index contributed by atoms with van der Waals surface area (Å²) in [5.41, 5.74) is 8.88. The maximum Gasteiger partial charge on any atom is 0.335 e. The van der Waals surface area contributed by atoms with Crippen LogP contribution in [-0.2, 0) is 0 Å². The Morgan fingerprint density at radius 2 is 2.08 bits per heavy atom. The van der Waals surface area contributed by atoms with Crippen molar-refractivity contribution >= 4 is 29.0 Å². The minimum Gasteiger partial charge on any atom is -0.478 e. The zero-order valence-corrected chi connectivity index (χ0v) is 20.2. The Labute approximate surface area is 212 Å². The van der Waals surface area contributed by atoms with Gasteiger partial charge in [-0.2, -0.15) is 0 Å². The van der Waals surface area contributed by atoms with Crippen molar-refractivity contribution in [2.75, 3.05) is 25.4 Å². The van der Waals surface area contributed by atoms with Crippen LogP contribution < -0.4 is 10.5 Å². The number of nitrogens with two attached hydrogens (primary N) is 1. The van der Waals surface area contributed by atoms with Gasteiger partial charge >= 0.3 is 5.97 Å². The molecule has 9 nitrogen and oxygen atoms in total. The highest BCUT2D eigenvalue weighted by molar-refractivity contribution is 6.33. The molecule has 5 rings (SSSR count). The molecule has 3 N–H and O–H groups in total. The van der Waals surface area contributed by atoms with Gasteiger partial charge in [0.2, 0.25) is 11.8 Å². The molecule has 182 valence electrons. The Morgan fingerprint density at radius 1 is 1.25 bits per heavy atom. The summed E-state index contributed by atoms with van der Waals surface area (Å²) in [6, 6.07) is 9.82. The number of anilines is 1. The molecule has 1 fully saturated rings. The summed E-state index contributed by atoms with van der Waals surface area (Å²) >= 11 is 6.68. The predicted molar refractivity (Wildman–Crippen MR) is 136 cm³/mol. The van der Waals surface area contributed by atoms with E-state index in [9.17, 15) is 9.90 Å². The normalized spacial score (nSPS) is 15.6. The highest BCUT2D eigenvalue weighted by atomic mass is 35.5. The summed E-state index contributed by atoms with van der Waals surface area (Å²) in [7, 11) is 0. The number of nitrogens with zero attached hydrogens (tertiary/aromatic N) is 5. The molecule has 1 saturated heterocycles. The molecule has 0 radical (unpaired) electrons. The summed E-state index contributed by atoms with van der Waals surface area (Å²) in [6.45, 7) is 4.42. The minimum absolute atomic E-state index is 0.0780. The number of benzene rings is 1. The molecule has 4 heterocycles. The highest BCUT2D eigenvalue weighted by Gasteiger charge is 2.29. The van der Waals surface area contributed by atoms with Crippen LogP contribution in [0.1, 0.15) is 35.3 Å². The van der Waals surface area contributed by atoms with Crippen molar-refractivity contribution in [3.05, 3.63) is 65.1 Å². The van der Waals surface area contributed by atoms with E-state index in [0.717, 1.165) is 37.3 Å². The van der Waals surface area contributed by atoms with Crippen molar-refractivity contribution in [1.82, 2.24) is 24.3 Å². The average Bonchev–Trinajstić information content (AvgIpc) is 3.48. The van der Waals surface area contributed by atoms with E-state index in [1.165, 1.54) is 18.3 Å². The number of nitrogen functional groups attached to an aromatic ring is 1. The fourth-order valence-electron chi connectivity index (χ4n) is 4.41. The van der Waals surface area contributed by atoms with Crippen molar-refractivity contribution in [3.63, 3.8) is 0 Å². The smallest absolute Gasteiger partial charge is 0.335 e. The van der Waals surface area contributed by atoms with Crippen LogP contribution in [-0.4, -0.2) is 55.0 Å². The molecular weight excluding hydrogens is 480 g/mol. The quantitative estimate of drug-likeness (QED) is 0.374. The second-order valence-electron chi connectivity index (χ2n) is 8.42. The number of ether oxygens (including phenoxy) is 1. The first-order valence-electron chi connectivity index (χ1n) is 11.4. The van der Waals surface area contributed by atoms with Crippen LogP contribution in [0.2, 0.25) is 5.02 Å². The molecule has 3 aromatic heterocycles. The fraction of sp³-hybridized carbons (Fsp3) is 0.231. The van der Waals surface area contributed by atoms with Gasteiger partial charge in [0.25, 0.3) is 0 Å². The number of likely N-dealkylation sites (tertiary alicyclic amines) is 1. The van der Waals surface area contributed by atoms with E-state index in [4.69, 9.17) is 27.1 Å². The number of carboxylic acids is 1. The summed E-state index contributed by atoms with van der Waals surface area (Å²) in [4.78, 5) is 26.9. The molecule has 0 amide bonds. The van der Waals surface area contributed by atoms with E-state index in [-0.39, 0.29) is 17.4 Å². The number of rotatable bonds is 6. The maximum atomic E-state index is 11.2. The third-order valence-electron chi connectivity index (χ3n) is 6.13. The molecule has 1 unspecified atom stereocenters. The van der Waals surface area contributed by atoms with Gasteiger partial charge in [-0.15, -0.1) is 5.92 Å². The number of hydrogen-bond donors (Lipinski definition) is 2. The first kappa shape index (κ1) is 23.6. The Hall–Kier alpha value is -4.13. The lowest BCUT2D eigenvalue weighted by Gasteiger charge is -2.11. The Kier molecular flexibility index (Phi) is 6.46. The highest BCUT2D eigenvalue weighted by Crippen LogP contribution is 2.37. The lowest BCUT2D eigenvalue weighted by molar-refractivity contribution is 0.0696. The van der Waals surface area contributed by atoms with Crippen LogP contribution in [0.4, 0.5) is 5.95 Å². The molecule has 1 aliphatic heterocycles. The van der Waals surface area contributed by atoms with Gasteiger partial charge in [0.15, 0.2) is 0 Å². The van der Waals surface area contributed by atoms with E-state index in [0.29, 0.717) is 28.1 Å². The molecule has 0 saturated carbocycles. The lowest BCUT2D eigenvalue weighted by Crippen LogP contribution is -2.20. The number of carbonyl (C=O) groups is 1. The van der Waals surface area contributed by atoms with Gasteiger partial charge in [0.05, 0.1) is 28.3 Å². The van der Waals surface area contributed by atoms with Crippen molar-refractivity contribution < 1.29 is 14.6 Å². The number of halogens is 1. The van der Waals surface area contributed by atoms with Crippen LogP contribution in [0.5, 0.6) is 11.6 Å². The summed E-state index contributed by atoms with van der Waals surface area (Å²) in [5.74, 6) is 6.75. The first-order valence-corrected chi connectivity index (χ1v) is 11.7. The van der Waals surface area contributed by atoms with Crippen molar-refractivity contribution in [1.29, 1.82) is 0 Å². The molecule has 4 aromatic rings. The molecule has 1 atom stereocenters.